The van der Waals surface area contributed by atoms with Gasteiger partial charge in [0.2, 0.25) is 11.5 Å². The minimum atomic E-state index is -2.80. The molecule has 3 fully saturated rings. The number of Topliss-reactive ketones (excluding diaryl/α,β-unsaturated/α-hetero) is 3. The summed E-state index contributed by atoms with van der Waals surface area (Å²) in [5, 5.41) is 34.1. The Hall–Kier alpha value is -2.86. The molecule has 9 atom stereocenters. The average Bonchev–Trinajstić information content (AvgIpc) is 2.88. The molecule has 0 bridgehead atoms. The van der Waals surface area contributed by atoms with E-state index in [1.54, 1.807) is 6.08 Å². The van der Waals surface area contributed by atoms with E-state index in [0.717, 1.165) is 0 Å². The zero-order valence-electron chi connectivity index (χ0n) is 23.1. The molecule has 4 aliphatic rings. The van der Waals surface area contributed by atoms with Crippen LogP contribution in [0.3, 0.4) is 0 Å². The Morgan fingerprint density at radius 1 is 1.32 bits per heavy atom. The first-order chi connectivity index (χ1) is 18.7. The third-order valence-electron chi connectivity index (χ3n) is 9.52. The molecule has 40 heavy (non-hydrogen) atoms. The maximum absolute atomic E-state index is 16.3. The van der Waals surface area contributed by atoms with Crippen LogP contribution in [0.15, 0.2) is 35.2 Å². The van der Waals surface area contributed by atoms with Gasteiger partial charge in [-0.3, -0.25) is 19.2 Å². The van der Waals surface area contributed by atoms with Crippen LogP contribution in [0.1, 0.15) is 52.4 Å². The number of aliphatic hydroxyl groups excluding tert-OH is 1. The van der Waals surface area contributed by atoms with E-state index in [1.807, 2.05) is 6.92 Å². The lowest BCUT2D eigenvalue weighted by Gasteiger charge is -2.57. The first kappa shape index (κ1) is 30.1. The number of carbonyl (C=O) groups is 4. The molecule has 0 radical (unpaired) electrons. The number of fused-ring (bicyclic) bond motifs is 3. The van der Waals surface area contributed by atoms with E-state index in [9.17, 15) is 29.4 Å². The number of nitrogens with one attached hydrogen (secondary N) is 2. The summed E-state index contributed by atoms with van der Waals surface area (Å²) in [5.74, 6) is -8.88. The smallest absolute Gasteiger partial charge is 0.236 e. The standard InChI is InChI=1S/C29H39FN4O6/c1-5-7-15-14(6-2)16(9-18(31)12(3)35)23(30)17-8-13-10-28(33)11-19(32)22(27(39)34-4)26(38)29(28,40)25(37)20(13)24(36)21(15)17/h6,13-14,16,18,20,22,24,32,36,40H,2,5,7-11,31,33H2,1,3-4H3,(H,34,39). The second kappa shape index (κ2) is 10.5. The highest BCUT2D eigenvalue weighted by molar-refractivity contribution is 6.30. The first-order valence-corrected chi connectivity index (χ1v) is 13.8. The van der Waals surface area contributed by atoms with Gasteiger partial charge < -0.3 is 32.4 Å². The second-order valence-electron chi connectivity index (χ2n) is 11.8. The van der Waals surface area contributed by atoms with Crippen molar-refractivity contribution >= 4 is 29.0 Å². The van der Waals surface area contributed by atoms with Crippen LogP contribution in [0.25, 0.3) is 0 Å². The summed E-state index contributed by atoms with van der Waals surface area (Å²) in [6.07, 6.45) is 0.625. The lowest BCUT2D eigenvalue weighted by Crippen LogP contribution is -2.79. The molecule has 0 saturated heterocycles. The van der Waals surface area contributed by atoms with Crippen LogP contribution >= 0.6 is 0 Å². The zero-order chi connectivity index (χ0) is 29.9. The molecule has 9 unspecified atom stereocenters. The van der Waals surface area contributed by atoms with Crippen LogP contribution in [0, 0.1) is 35.0 Å². The van der Waals surface area contributed by atoms with Gasteiger partial charge in [0, 0.05) is 31.0 Å². The summed E-state index contributed by atoms with van der Waals surface area (Å²) in [5.41, 5.74) is 8.73. The third-order valence-corrected chi connectivity index (χ3v) is 9.52. The van der Waals surface area contributed by atoms with Gasteiger partial charge >= 0.3 is 0 Å². The van der Waals surface area contributed by atoms with E-state index in [2.05, 4.69) is 11.9 Å². The number of allylic oxidation sites excluding steroid dienone is 3. The van der Waals surface area contributed by atoms with Gasteiger partial charge in [0.1, 0.15) is 17.5 Å². The van der Waals surface area contributed by atoms with Gasteiger partial charge in [-0.25, -0.2) is 4.39 Å². The van der Waals surface area contributed by atoms with Crippen molar-refractivity contribution in [1.29, 1.82) is 5.41 Å². The van der Waals surface area contributed by atoms with E-state index >= 15 is 4.39 Å². The summed E-state index contributed by atoms with van der Waals surface area (Å²) < 4.78 is 16.3. The lowest BCUT2D eigenvalue weighted by molar-refractivity contribution is -0.177. The summed E-state index contributed by atoms with van der Waals surface area (Å²) in [6, 6.07) is -0.893. The number of carbonyl (C=O) groups excluding carboxylic acids is 4. The Balaban J connectivity index is 1.84. The van der Waals surface area contributed by atoms with E-state index in [4.69, 9.17) is 16.9 Å². The highest BCUT2D eigenvalue weighted by Gasteiger charge is 2.71. The highest BCUT2D eigenvalue weighted by atomic mass is 19.1. The Morgan fingerprint density at radius 2 is 1.98 bits per heavy atom. The fraction of sp³-hybridized carbons (Fsp3) is 0.621. The quantitative estimate of drug-likeness (QED) is 0.195. The van der Waals surface area contributed by atoms with Crippen molar-refractivity contribution in [2.75, 3.05) is 7.05 Å². The van der Waals surface area contributed by atoms with Crippen LogP contribution in [-0.2, 0) is 19.2 Å². The molecule has 0 aliphatic heterocycles. The number of nitrogens with two attached hydrogens (primary N) is 2. The number of amides is 1. The number of aliphatic hydroxyl groups is 2. The van der Waals surface area contributed by atoms with Crippen molar-refractivity contribution in [2.45, 2.75) is 75.7 Å². The predicted molar refractivity (Wildman–Crippen MR) is 145 cm³/mol. The van der Waals surface area contributed by atoms with E-state index < -0.39 is 82.6 Å². The SMILES string of the molecule is C=CC1C(CCC)=C2C(=C(F)C1CC(N)C(C)=O)CC1CC3(N)CC(=N)C(C(=O)NC)C(=O)C3(O)C(=O)C1C2O. The van der Waals surface area contributed by atoms with E-state index in [-0.39, 0.29) is 41.9 Å². The molecule has 0 heterocycles. The van der Waals surface area contributed by atoms with Crippen LogP contribution in [0.5, 0.6) is 0 Å². The van der Waals surface area contributed by atoms with Crippen molar-refractivity contribution in [2.24, 2.45) is 41.1 Å². The van der Waals surface area contributed by atoms with Crippen LogP contribution in [0.2, 0.25) is 0 Å². The number of rotatable bonds is 7. The molecule has 0 spiro atoms. The van der Waals surface area contributed by atoms with Gasteiger partial charge in [-0.05, 0) is 49.7 Å². The Morgan fingerprint density at radius 3 is 2.52 bits per heavy atom. The Kier molecular flexibility index (Phi) is 7.92. The maximum atomic E-state index is 16.3. The number of halogens is 1. The number of hydrogen-bond acceptors (Lipinski definition) is 9. The van der Waals surface area contributed by atoms with Crippen molar-refractivity contribution in [1.82, 2.24) is 5.32 Å². The molecule has 1 amide bonds. The maximum Gasteiger partial charge on any atom is 0.236 e. The van der Waals surface area contributed by atoms with Crippen LogP contribution in [-0.4, -0.2) is 69.5 Å². The average molecular weight is 559 g/mol. The van der Waals surface area contributed by atoms with Crippen LogP contribution < -0.4 is 16.8 Å². The van der Waals surface area contributed by atoms with Gasteiger partial charge in [-0.2, -0.15) is 0 Å². The van der Waals surface area contributed by atoms with Crippen molar-refractivity contribution in [3.05, 3.63) is 35.2 Å². The van der Waals surface area contributed by atoms with Gasteiger partial charge in [-0.15, -0.1) is 6.58 Å². The minimum Gasteiger partial charge on any atom is -0.388 e. The van der Waals surface area contributed by atoms with Gasteiger partial charge in [0.25, 0.3) is 0 Å². The molecule has 11 heteroatoms. The van der Waals surface area contributed by atoms with Crippen molar-refractivity contribution < 1.29 is 33.8 Å². The molecule has 3 saturated carbocycles. The van der Waals surface area contributed by atoms with Gasteiger partial charge in [0.05, 0.1) is 23.6 Å². The summed E-state index contributed by atoms with van der Waals surface area (Å²) in [4.78, 5) is 51.9. The molecule has 4 rings (SSSR count). The largest absolute Gasteiger partial charge is 0.388 e. The Labute approximate surface area is 232 Å². The molecule has 0 aromatic rings. The normalized spacial score (nSPS) is 38.4. The lowest BCUT2D eigenvalue weighted by atomic mass is 9.49. The fourth-order valence-electron chi connectivity index (χ4n) is 7.55. The molecule has 0 aromatic heterocycles. The van der Waals surface area contributed by atoms with Crippen molar-refractivity contribution in [3.8, 4) is 0 Å². The van der Waals surface area contributed by atoms with E-state index in [1.165, 1.54) is 14.0 Å². The summed E-state index contributed by atoms with van der Waals surface area (Å²) in [7, 11) is 1.28. The first-order valence-electron chi connectivity index (χ1n) is 13.8. The molecular formula is C29H39FN4O6. The predicted octanol–water partition coefficient (Wildman–Crippen LogP) is 0.798. The molecule has 8 N–H and O–H groups in total. The molecule has 218 valence electrons. The second-order valence-corrected chi connectivity index (χ2v) is 11.8. The van der Waals surface area contributed by atoms with Gasteiger partial charge in [-0.1, -0.05) is 25.0 Å². The zero-order valence-corrected chi connectivity index (χ0v) is 23.1. The summed E-state index contributed by atoms with van der Waals surface area (Å²) in [6.45, 7) is 7.14. The topological polar surface area (TPSA) is 197 Å². The Bertz CT molecular complexity index is 1260. The summed E-state index contributed by atoms with van der Waals surface area (Å²) >= 11 is 0. The molecule has 10 nitrogen and oxygen atoms in total. The van der Waals surface area contributed by atoms with Crippen molar-refractivity contribution in [3.63, 3.8) is 0 Å². The third kappa shape index (κ3) is 4.17. The molecule has 0 aromatic carbocycles. The minimum absolute atomic E-state index is 0.00689. The number of hydrogen-bond donors (Lipinski definition) is 6. The van der Waals surface area contributed by atoms with E-state index in [0.29, 0.717) is 18.4 Å². The molecular weight excluding hydrogens is 519 g/mol. The monoisotopic (exact) mass is 558 g/mol. The molecule has 4 aliphatic carbocycles. The van der Waals surface area contributed by atoms with Crippen LogP contribution in [0.4, 0.5) is 4.39 Å². The number of ketones is 3. The van der Waals surface area contributed by atoms with Gasteiger partial charge in [0.15, 0.2) is 11.6 Å². The fourth-order valence-corrected chi connectivity index (χ4v) is 7.55. The highest BCUT2D eigenvalue weighted by Crippen LogP contribution is 2.57.